The zero-order valence-electron chi connectivity index (χ0n) is 10.8. The molecule has 1 N–H and O–H groups in total. The quantitative estimate of drug-likeness (QED) is 0.394. The summed E-state index contributed by atoms with van der Waals surface area (Å²) in [6.45, 7) is 7.27. The predicted molar refractivity (Wildman–Crippen MR) is 97.2 cm³/mol. The van der Waals surface area contributed by atoms with E-state index in [4.69, 9.17) is 81.4 Å². The minimum Gasteiger partial charge on any atom is -0.361 e. The zero-order chi connectivity index (χ0) is 17.3. The highest BCUT2D eigenvalue weighted by atomic mass is 35.5. The molecule has 9 heteroatoms. The Kier molecular flexibility index (Phi) is 5.76. The van der Waals surface area contributed by atoms with E-state index in [2.05, 4.69) is 10.2 Å². The number of rotatable bonds is 2. The van der Waals surface area contributed by atoms with Crippen LogP contribution in [0.5, 0.6) is 0 Å². The van der Waals surface area contributed by atoms with Crippen LogP contribution in [-0.2, 0) is 0 Å². The van der Waals surface area contributed by atoms with Crippen LogP contribution >= 0.6 is 69.6 Å². The second kappa shape index (κ2) is 7.24. The Labute approximate surface area is 162 Å². The molecule has 0 spiro atoms. The first-order valence-corrected chi connectivity index (χ1v) is 7.98. The van der Waals surface area contributed by atoms with E-state index in [9.17, 15) is 0 Å². The lowest BCUT2D eigenvalue weighted by Crippen LogP contribution is -1.97. The van der Waals surface area contributed by atoms with Crippen LogP contribution in [0.25, 0.3) is 4.85 Å². The number of halogens is 6. The smallest absolute Gasteiger partial charge is 0.231 e. The fraction of sp³-hybridized carbons (Fsp3) is 0. The van der Waals surface area contributed by atoms with E-state index in [1.165, 1.54) is 12.1 Å². The standard InChI is InChI=1S/C14H3Cl6N3/c1-22-13-10(19)6(4-21)9(18)11(20)14(13)23-12-7(16)2-5(15)3-8(12)17/h2-3,23H. The van der Waals surface area contributed by atoms with E-state index < -0.39 is 0 Å². The summed E-state index contributed by atoms with van der Waals surface area (Å²) < 4.78 is 0. The monoisotopic (exact) mass is 423 g/mol. The molecule has 116 valence electrons. The molecule has 0 aromatic heterocycles. The number of hydrogen-bond acceptors (Lipinski definition) is 2. The van der Waals surface area contributed by atoms with Crippen molar-refractivity contribution in [2.24, 2.45) is 0 Å². The minimum atomic E-state index is -0.111. The van der Waals surface area contributed by atoms with Crippen molar-refractivity contribution in [3.8, 4) is 6.07 Å². The fourth-order valence-electron chi connectivity index (χ4n) is 1.75. The van der Waals surface area contributed by atoms with Gasteiger partial charge >= 0.3 is 0 Å². The molecule has 0 aliphatic rings. The van der Waals surface area contributed by atoms with E-state index in [0.717, 1.165) is 0 Å². The second-order valence-electron chi connectivity index (χ2n) is 4.13. The second-order valence-corrected chi connectivity index (χ2v) is 6.52. The largest absolute Gasteiger partial charge is 0.361 e. The van der Waals surface area contributed by atoms with Crippen LogP contribution < -0.4 is 5.32 Å². The first-order valence-electron chi connectivity index (χ1n) is 5.71. The molecule has 0 heterocycles. The molecule has 0 aliphatic heterocycles. The molecule has 0 saturated carbocycles. The van der Waals surface area contributed by atoms with Gasteiger partial charge in [-0.2, -0.15) is 5.26 Å². The van der Waals surface area contributed by atoms with Gasteiger partial charge in [-0.3, -0.25) is 0 Å². The summed E-state index contributed by atoms with van der Waals surface area (Å²) >= 11 is 36.3. The van der Waals surface area contributed by atoms with Crippen LogP contribution in [0, 0.1) is 17.9 Å². The molecule has 2 rings (SSSR count). The Balaban J connectivity index is 2.72. The van der Waals surface area contributed by atoms with Gasteiger partial charge in [0.25, 0.3) is 0 Å². The van der Waals surface area contributed by atoms with Crippen molar-refractivity contribution in [1.29, 1.82) is 5.26 Å². The number of hydrogen-bond donors (Lipinski definition) is 1. The van der Waals surface area contributed by atoms with Crippen molar-refractivity contribution >= 4 is 86.7 Å². The number of nitrogens with one attached hydrogen (secondary N) is 1. The summed E-state index contributed by atoms with van der Waals surface area (Å²) in [7, 11) is 0. The normalized spacial score (nSPS) is 10.1. The average Bonchev–Trinajstić information content (AvgIpc) is 2.48. The summed E-state index contributed by atoms with van der Waals surface area (Å²) in [5, 5.41) is 12.5. The Bertz CT molecular complexity index is 872. The van der Waals surface area contributed by atoms with Gasteiger partial charge in [0.2, 0.25) is 5.69 Å². The van der Waals surface area contributed by atoms with E-state index in [1.807, 2.05) is 6.07 Å². The zero-order valence-corrected chi connectivity index (χ0v) is 15.4. The molecule has 2 aromatic rings. The average molecular weight is 426 g/mol. The third-order valence-electron chi connectivity index (χ3n) is 2.78. The van der Waals surface area contributed by atoms with E-state index in [0.29, 0.717) is 5.02 Å². The van der Waals surface area contributed by atoms with Gasteiger partial charge in [0.15, 0.2) is 0 Å². The lowest BCUT2D eigenvalue weighted by molar-refractivity contribution is 1.48. The predicted octanol–water partition coefficient (Wildman–Crippen LogP) is 7.77. The topological polar surface area (TPSA) is 40.2 Å². The number of benzene rings is 2. The Hall–Kier alpha value is -1.04. The number of nitriles is 1. The van der Waals surface area contributed by atoms with Crippen molar-refractivity contribution in [2.45, 2.75) is 0 Å². The summed E-state index contributed by atoms with van der Waals surface area (Å²) in [5.74, 6) is 0. The van der Waals surface area contributed by atoms with Gasteiger partial charge in [-0.05, 0) is 12.1 Å². The molecule has 0 bridgehead atoms. The Morgan fingerprint density at radius 1 is 0.913 bits per heavy atom. The summed E-state index contributed by atoms with van der Waals surface area (Å²) in [6, 6.07) is 4.75. The van der Waals surface area contributed by atoms with E-state index in [-0.39, 0.29) is 47.7 Å². The number of anilines is 2. The molecule has 0 amide bonds. The van der Waals surface area contributed by atoms with Gasteiger partial charge in [-0.25, -0.2) is 4.85 Å². The molecule has 23 heavy (non-hydrogen) atoms. The van der Waals surface area contributed by atoms with Gasteiger partial charge in [-0.1, -0.05) is 69.6 Å². The molecule has 0 radical (unpaired) electrons. The summed E-state index contributed by atoms with van der Waals surface area (Å²) in [4.78, 5) is 3.30. The van der Waals surface area contributed by atoms with Gasteiger partial charge in [-0.15, -0.1) is 0 Å². The van der Waals surface area contributed by atoms with Gasteiger partial charge in [0.1, 0.15) is 6.07 Å². The van der Waals surface area contributed by atoms with Gasteiger partial charge in [0.05, 0.1) is 48.6 Å². The van der Waals surface area contributed by atoms with Crippen LogP contribution in [0.2, 0.25) is 30.1 Å². The third kappa shape index (κ3) is 3.42. The minimum absolute atomic E-state index is 0.0410. The maximum Gasteiger partial charge on any atom is 0.231 e. The fourth-order valence-corrected chi connectivity index (χ4v) is 3.45. The van der Waals surface area contributed by atoms with E-state index >= 15 is 0 Å². The molecule has 0 unspecified atom stereocenters. The van der Waals surface area contributed by atoms with Crippen molar-refractivity contribution in [1.82, 2.24) is 0 Å². The van der Waals surface area contributed by atoms with Crippen molar-refractivity contribution in [2.75, 3.05) is 5.32 Å². The van der Waals surface area contributed by atoms with Crippen molar-refractivity contribution in [3.63, 3.8) is 0 Å². The molecule has 0 saturated heterocycles. The Morgan fingerprint density at radius 2 is 1.48 bits per heavy atom. The molecule has 3 nitrogen and oxygen atoms in total. The molecule has 0 fully saturated rings. The van der Waals surface area contributed by atoms with Crippen LogP contribution in [0.15, 0.2) is 12.1 Å². The van der Waals surface area contributed by atoms with E-state index in [1.54, 1.807) is 0 Å². The summed E-state index contributed by atoms with van der Waals surface area (Å²) in [6.07, 6.45) is 0. The third-order valence-corrected chi connectivity index (χ3v) is 4.81. The van der Waals surface area contributed by atoms with Crippen LogP contribution in [-0.4, -0.2) is 0 Å². The lowest BCUT2D eigenvalue weighted by atomic mass is 10.1. The first kappa shape index (κ1) is 18.3. The highest BCUT2D eigenvalue weighted by Gasteiger charge is 2.23. The molecular formula is C14H3Cl6N3. The van der Waals surface area contributed by atoms with Gasteiger partial charge < -0.3 is 5.32 Å². The summed E-state index contributed by atoms with van der Waals surface area (Å²) in [5.41, 5.74) is 0.228. The van der Waals surface area contributed by atoms with Crippen LogP contribution in [0.1, 0.15) is 5.56 Å². The maximum atomic E-state index is 9.09. The molecular weight excluding hydrogens is 423 g/mol. The lowest BCUT2D eigenvalue weighted by Gasteiger charge is -2.16. The SMILES string of the molecule is [C-]#[N+]c1c(Cl)c(C#N)c(Cl)c(Cl)c1Nc1c(Cl)cc(Cl)cc1Cl. The molecule has 0 atom stereocenters. The Morgan fingerprint density at radius 3 is 1.96 bits per heavy atom. The molecule has 0 aliphatic carbocycles. The maximum absolute atomic E-state index is 9.09. The first-order chi connectivity index (χ1) is 10.8. The van der Waals surface area contributed by atoms with Gasteiger partial charge in [0, 0.05) is 5.02 Å². The van der Waals surface area contributed by atoms with Crippen LogP contribution in [0.3, 0.4) is 0 Å². The highest BCUT2D eigenvalue weighted by Crippen LogP contribution is 2.49. The molecule has 2 aromatic carbocycles. The highest BCUT2D eigenvalue weighted by molar-refractivity contribution is 6.48. The van der Waals surface area contributed by atoms with Crippen LogP contribution in [0.4, 0.5) is 17.1 Å². The number of nitrogens with zero attached hydrogens (tertiary/aromatic N) is 2. The van der Waals surface area contributed by atoms with Crippen molar-refractivity contribution in [3.05, 3.63) is 59.2 Å². The van der Waals surface area contributed by atoms with Crippen molar-refractivity contribution < 1.29 is 0 Å².